The number of hydrogen-bond acceptors (Lipinski definition) is 1. The number of hydrogen-bond donors (Lipinski definition) is 1. The van der Waals surface area contributed by atoms with Crippen molar-refractivity contribution in [3.63, 3.8) is 0 Å². The lowest BCUT2D eigenvalue weighted by atomic mass is 9.63. The van der Waals surface area contributed by atoms with Crippen molar-refractivity contribution in [1.29, 1.82) is 0 Å². The van der Waals surface area contributed by atoms with E-state index in [1.165, 1.54) is 66.6 Å². The first-order valence-corrected chi connectivity index (χ1v) is 8.24. The molecule has 2 aliphatic heterocycles. The molecule has 1 N–H and O–H groups in total. The maximum atomic E-state index is 3.53. The summed E-state index contributed by atoms with van der Waals surface area (Å²) in [7, 11) is 2.44. The Hall–Kier alpha value is -1.54. The SMILES string of the molecule is Cc1c(C)c(C)c2c(c1C)[B]c1c(C)c3c(c(C)c1-2)CNC3. The Bertz CT molecular complexity index is 846. The minimum atomic E-state index is 1.02. The fourth-order valence-electron chi connectivity index (χ4n) is 4.44. The standard InChI is InChI=1S/C20H23BN/c1-9-10(2)12(4)19-17(11(9)3)18-13(5)15-7-22-8-16(15)14(6)20(18)21-19/h22H,7-8H2,1-6H3. The zero-order chi connectivity index (χ0) is 15.8. The Labute approximate surface area is 134 Å². The van der Waals surface area contributed by atoms with Crippen LogP contribution in [0.1, 0.15) is 44.5 Å². The monoisotopic (exact) mass is 288 g/mol. The summed E-state index contributed by atoms with van der Waals surface area (Å²) in [6.07, 6.45) is 0. The topological polar surface area (TPSA) is 12.0 Å². The third kappa shape index (κ3) is 1.54. The quantitative estimate of drug-likeness (QED) is 0.627. The molecule has 0 saturated heterocycles. The Morgan fingerprint density at radius 1 is 0.591 bits per heavy atom. The first kappa shape index (κ1) is 14.1. The van der Waals surface area contributed by atoms with Crippen LogP contribution in [0.3, 0.4) is 0 Å². The summed E-state index contributed by atoms with van der Waals surface area (Å²) in [6.45, 7) is 15.8. The molecule has 0 bridgehead atoms. The highest BCUT2D eigenvalue weighted by atomic mass is 14.9. The van der Waals surface area contributed by atoms with Gasteiger partial charge in [0.25, 0.3) is 0 Å². The number of fused-ring (bicyclic) bond motifs is 4. The zero-order valence-corrected chi connectivity index (χ0v) is 14.5. The first-order valence-electron chi connectivity index (χ1n) is 8.24. The van der Waals surface area contributed by atoms with Gasteiger partial charge in [0.2, 0.25) is 0 Å². The van der Waals surface area contributed by atoms with Gasteiger partial charge < -0.3 is 5.32 Å². The van der Waals surface area contributed by atoms with Crippen molar-refractivity contribution in [2.45, 2.75) is 54.6 Å². The van der Waals surface area contributed by atoms with E-state index in [9.17, 15) is 0 Å². The molecule has 0 saturated carbocycles. The molecule has 0 unspecified atom stereocenters. The van der Waals surface area contributed by atoms with Crippen LogP contribution in [0.4, 0.5) is 0 Å². The van der Waals surface area contributed by atoms with E-state index >= 15 is 0 Å². The highest BCUT2D eigenvalue weighted by molar-refractivity contribution is 6.74. The maximum Gasteiger partial charge on any atom is 0.193 e. The molecule has 2 aromatic carbocycles. The number of benzene rings is 2. The normalized spacial score (nSPS) is 14.6. The van der Waals surface area contributed by atoms with Crippen molar-refractivity contribution < 1.29 is 0 Å². The van der Waals surface area contributed by atoms with E-state index in [0.29, 0.717) is 0 Å². The fourth-order valence-corrected chi connectivity index (χ4v) is 4.44. The smallest absolute Gasteiger partial charge is 0.193 e. The number of nitrogens with one attached hydrogen (secondary N) is 1. The van der Waals surface area contributed by atoms with E-state index in [2.05, 4.69) is 54.1 Å². The molecule has 4 rings (SSSR count). The van der Waals surface area contributed by atoms with Crippen LogP contribution in [0.5, 0.6) is 0 Å². The van der Waals surface area contributed by atoms with Crippen LogP contribution < -0.4 is 16.2 Å². The minimum Gasteiger partial charge on any atom is -0.309 e. The fraction of sp³-hybridized carbons (Fsp3) is 0.400. The van der Waals surface area contributed by atoms with Crippen LogP contribution in [0.15, 0.2) is 0 Å². The molecule has 0 spiro atoms. The molecule has 2 aromatic rings. The molecule has 0 amide bonds. The second-order valence-corrected chi connectivity index (χ2v) is 7.03. The van der Waals surface area contributed by atoms with Gasteiger partial charge in [-0.25, -0.2) is 0 Å². The predicted octanol–water partition coefficient (Wildman–Crippen LogP) is 2.78. The first-order chi connectivity index (χ1) is 10.4. The lowest BCUT2D eigenvalue weighted by Crippen LogP contribution is -2.27. The summed E-state index contributed by atoms with van der Waals surface area (Å²) >= 11 is 0. The highest BCUT2D eigenvalue weighted by Crippen LogP contribution is 2.36. The van der Waals surface area contributed by atoms with E-state index in [0.717, 1.165) is 13.1 Å². The average Bonchev–Trinajstić information content (AvgIpc) is 3.13. The van der Waals surface area contributed by atoms with Crippen LogP contribution in [0.2, 0.25) is 0 Å². The molecule has 0 atom stereocenters. The molecule has 0 aromatic heterocycles. The lowest BCUT2D eigenvalue weighted by molar-refractivity contribution is 0.762. The van der Waals surface area contributed by atoms with Crippen molar-refractivity contribution in [2.75, 3.05) is 0 Å². The molecule has 2 heteroatoms. The van der Waals surface area contributed by atoms with Gasteiger partial charge in [0.05, 0.1) is 0 Å². The lowest BCUT2D eigenvalue weighted by Gasteiger charge is -2.19. The van der Waals surface area contributed by atoms with Crippen molar-refractivity contribution >= 4 is 18.2 Å². The molecular weight excluding hydrogens is 265 g/mol. The molecule has 22 heavy (non-hydrogen) atoms. The van der Waals surface area contributed by atoms with Crippen LogP contribution >= 0.6 is 0 Å². The minimum absolute atomic E-state index is 1.02. The van der Waals surface area contributed by atoms with Crippen LogP contribution in [0, 0.1) is 41.5 Å². The van der Waals surface area contributed by atoms with Gasteiger partial charge >= 0.3 is 0 Å². The van der Waals surface area contributed by atoms with Crippen molar-refractivity contribution in [3.8, 4) is 11.1 Å². The summed E-state index contributed by atoms with van der Waals surface area (Å²) in [6, 6.07) is 0. The second-order valence-electron chi connectivity index (χ2n) is 7.03. The largest absolute Gasteiger partial charge is 0.309 e. The molecule has 0 aliphatic carbocycles. The van der Waals surface area contributed by atoms with E-state index in [1.54, 1.807) is 0 Å². The van der Waals surface area contributed by atoms with Gasteiger partial charge in [-0.05, 0) is 86.1 Å². The molecule has 1 radical (unpaired) electrons. The molecular formula is C20H23BN. The number of rotatable bonds is 0. The van der Waals surface area contributed by atoms with Crippen molar-refractivity contribution in [3.05, 3.63) is 44.5 Å². The summed E-state index contributed by atoms with van der Waals surface area (Å²) in [5, 5.41) is 3.53. The highest BCUT2D eigenvalue weighted by Gasteiger charge is 2.31. The molecule has 111 valence electrons. The molecule has 2 aliphatic rings. The molecule has 1 nitrogen and oxygen atoms in total. The van der Waals surface area contributed by atoms with Crippen LogP contribution in [-0.4, -0.2) is 7.28 Å². The van der Waals surface area contributed by atoms with Gasteiger partial charge in [-0.15, -0.1) is 0 Å². The summed E-state index contributed by atoms with van der Waals surface area (Å²) in [5.41, 5.74) is 17.8. The van der Waals surface area contributed by atoms with Crippen molar-refractivity contribution in [1.82, 2.24) is 5.32 Å². The zero-order valence-electron chi connectivity index (χ0n) is 14.5. The van der Waals surface area contributed by atoms with E-state index in [4.69, 9.17) is 0 Å². The Balaban J connectivity index is 2.14. The van der Waals surface area contributed by atoms with E-state index in [1.807, 2.05) is 0 Å². The average molecular weight is 288 g/mol. The van der Waals surface area contributed by atoms with Gasteiger partial charge in [-0.1, -0.05) is 22.1 Å². The van der Waals surface area contributed by atoms with Crippen molar-refractivity contribution in [2.24, 2.45) is 0 Å². The van der Waals surface area contributed by atoms with Crippen LogP contribution in [0.25, 0.3) is 11.1 Å². The van der Waals surface area contributed by atoms with E-state index in [-0.39, 0.29) is 0 Å². The summed E-state index contributed by atoms with van der Waals surface area (Å²) in [5.74, 6) is 0. The third-order valence-electron chi connectivity index (χ3n) is 6.20. The summed E-state index contributed by atoms with van der Waals surface area (Å²) < 4.78 is 0. The van der Waals surface area contributed by atoms with Crippen LogP contribution in [-0.2, 0) is 13.1 Å². The van der Waals surface area contributed by atoms with Gasteiger partial charge in [0, 0.05) is 13.1 Å². The molecule has 2 heterocycles. The Morgan fingerprint density at radius 3 is 1.77 bits per heavy atom. The van der Waals surface area contributed by atoms with Gasteiger partial charge in [-0.3, -0.25) is 0 Å². The maximum absolute atomic E-state index is 3.53. The Kier molecular flexibility index (Phi) is 2.87. The second kappa shape index (κ2) is 4.49. The van der Waals surface area contributed by atoms with Gasteiger partial charge in [0.15, 0.2) is 7.28 Å². The predicted molar refractivity (Wildman–Crippen MR) is 95.9 cm³/mol. The van der Waals surface area contributed by atoms with Gasteiger partial charge in [0.1, 0.15) is 0 Å². The third-order valence-corrected chi connectivity index (χ3v) is 6.20. The van der Waals surface area contributed by atoms with E-state index < -0.39 is 0 Å². The Morgan fingerprint density at radius 2 is 1.09 bits per heavy atom. The summed E-state index contributed by atoms with van der Waals surface area (Å²) in [4.78, 5) is 0. The van der Waals surface area contributed by atoms with Gasteiger partial charge in [-0.2, -0.15) is 0 Å². The molecule has 0 fully saturated rings.